The molecule has 1 aromatic rings. The summed E-state index contributed by atoms with van der Waals surface area (Å²) < 4.78 is 22.9. The van der Waals surface area contributed by atoms with Gasteiger partial charge in [0.1, 0.15) is 0 Å². The minimum atomic E-state index is -3.82. The van der Waals surface area contributed by atoms with Crippen LogP contribution < -0.4 is 16.2 Å². The first-order chi connectivity index (χ1) is 9.52. The molecule has 7 heteroatoms. The van der Waals surface area contributed by atoms with Gasteiger partial charge in [-0.3, -0.25) is 4.79 Å². The van der Waals surface area contributed by atoms with E-state index in [1.807, 2.05) is 13.8 Å². The van der Waals surface area contributed by atoms with Crippen LogP contribution in [-0.4, -0.2) is 20.4 Å². The van der Waals surface area contributed by atoms with Crippen molar-refractivity contribution < 1.29 is 13.2 Å². The zero-order chi connectivity index (χ0) is 16.4. The van der Waals surface area contributed by atoms with Crippen molar-refractivity contribution in [2.24, 2.45) is 16.8 Å². The Bertz CT molecular complexity index is 639. The molecule has 0 unspecified atom stereocenters. The molecule has 0 aliphatic rings. The molecular formula is C14H23N3O3S. The van der Waals surface area contributed by atoms with E-state index in [-0.39, 0.29) is 10.8 Å². The maximum absolute atomic E-state index is 12.1. The van der Waals surface area contributed by atoms with Crippen LogP contribution in [0.5, 0.6) is 0 Å². The molecule has 0 aromatic heterocycles. The highest BCUT2D eigenvalue weighted by molar-refractivity contribution is 7.89. The van der Waals surface area contributed by atoms with Gasteiger partial charge in [-0.2, -0.15) is 0 Å². The zero-order valence-electron chi connectivity index (χ0n) is 12.8. The lowest BCUT2D eigenvalue weighted by Gasteiger charge is -2.17. The number of carbonyl (C=O) groups is 1. The summed E-state index contributed by atoms with van der Waals surface area (Å²) in [6.45, 7) is 7.51. The van der Waals surface area contributed by atoms with Crippen molar-refractivity contribution in [2.75, 3.05) is 5.32 Å². The van der Waals surface area contributed by atoms with E-state index in [2.05, 4.69) is 5.32 Å². The zero-order valence-corrected chi connectivity index (χ0v) is 13.6. The van der Waals surface area contributed by atoms with Crippen LogP contribution in [0.3, 0.4) is 0 Å². The minimum Gasteiger partial charge on any atom is -0.324 e. The van der Waals surface area contributed by atoms with E-state index >= 15 is 0 Å². The lowest BCUT2D eigenvalue weighted by molar-refractivity contribution is -0.117. The van der Waals surface area contributed by atoms with Gasteiger partial charge in [0.2, 0.25) is 15.9 Å². The van der Waals surface area contributed by atoms with E-state index in [0.717, 1.165) is 11.1 Å². The number of carbonyl (C=O) groups excluding carboxylic acids is 1. The van der Waals surface area contributed by atoms with E-state index in [9.17, 15) is 13.2 Å². The third kappa shape index (κ3) is 4.80. The largest absolute Gasteiger partial charge is 0.324 e. The lowest BCUT2D eigenvalue weighted by atomic mass is 10.0. The molecule has 5 N–H and O–H groups in total. The van der Waals surface area contributed by atoms with Gasteiger partial charge in [0.05, 0.1) is 10.9 Å². The minimum absolute atomic E-state index is 0.0293. The second-order valence-corrected chi connectivity index (χ2v) is 7.24. The number of anilines is 1. The molecular weight excluding hydrogens is 290 g/mol. The summed E-state index contributed by atoms with van der Waals surface area (Å²) in [5.74, 6) is -0.0397. The van der Waals surface area contributed by atoms with Gasteiger partial charge in [0, 0.05) is 5.69 Å². The third-order valence-electron chi connectivity index (χ3n) is 3.29. The van der Waals surface area contributed by atoms with Crippen molar-refractivity contribution in [3.63, 3.8) is 0 Å². The Balaban J connectivity index is 3.08. The van der Waals surface area contributed by atoms with Gasteiger partial charge in [-0.1, -0.05) is 13.8 Å². The van der Waals surface area contributed by atoms with E-state index in [0.29, 0.717) is 18.0 Å². The number of aryl methyl sites for hydroxylation is 1. The molecule has 1 amide bonds. The van der Waals surface area contributed by atoms with Crippen molar-refractivity contribution in [1.82, 2.24) is 0 Å². The van der Waals surface area contributed by atoms with Crippen LogP contribution in [0.2, 0.25) is 0 Å². The summed E-state index contributed by atoms with van der Waals surface area (Å²) in [6, 6.07) is 2.20. The normalized spacial score (nSPS) is 13.3. The Hall–Kier alpha value is -1.44. The Labute approximate surface area is 126 Å². The van der Waals surface area contributed by atoms with E-state index in [1.54, 1.807) is 13.8 Å². The maximum Gasteiger partial charge on any atom is 0.241 e. The predicted molar refractivity (Wildman–Crippen MR) is 83.3 cm³/mol. The molecule has 0 heterocycles. The van der Waals surface area contributed by atoms with E-state index in [4.69, 9.17) is 10.9 Å². The second-order valence-electron chi connectivity index (χ2n) is 5.68. The van der Waals surface area contributed by atoms with Crippen LogP contribution in [0.1, 0.15) is 31.4 Å². The number of sulfonamides is 1. The molecule has 6 nitrogen and oxygen atoms in total. The number of nitrogens with two attached hydrogens (primary N) is 2. The molecule has 0 saturated carbocycles. The number of hydrogen-bond donors (Lipinski definition) is 3. The van der Waals surface area contributed by atoms with E-state index in [1.165, 1.54) is 12.1 Å². The lowest BCUT2D eigenvalue weighted by Crippen LogP contribution is -2.36. The molecule has 0 saturated heterocycles. The van der Waals surface area contributed by atoms with Crippen LogP contribution in [0.15, 0.2) is 17.0 Å². The van der Waals surface area contributed by atoms with Crippen LogP contribution in [0.25, 0.3) is 0 Å². The van der Waals surface area contributed by atoms with Gasteiger partial charge in [-0.25, -0.2) is 13.6 Å². The second kappa shape index (κ2) is 6.55. The maximum atomic E-state index is 12.1. The highest BCUT2D eigenvalue weighted by Gasteiger charge is 2.18. The molecule has 1 atom stereocenters. The van der Waals surface area contributed by atoms with Crippen molar-refractivity contribution in [1.29, 1.82) is 0 Å². The summed E-state index contributed by atoms with van der Waals surface area (Å²) in [5.41, 5.74) is 7.76. The first kappa shape index (κ1) is 17.6. The Morgan fingerprint density at radius 2 is 1.86 bits per heavy atom. The number of hydrogen-bond acceptors (Lipinski definition) is 4. The molecule has 1 aromatic carbocycles. The molecule has 118 valence electrons. The molecule has 0 radical (unpaired) electrons. The average Bonchev–Trinajstić information content (AvgIpc) is 2.32. The van der Waals surface area contributed by atoms with Gasteiger partial charge in [-0.15, -0.1) is 0 Å². The van der Waals surface area contributed by atoms with Gasteiger partial charge in [0.25, 0.3) is 0 Å². The van der Waals surface area contributed by atoms with E-state index < -0.39 is 16.1 Å². The highest BCUT2D eigenvalue weighted by atomic mass is 32.2. The Morgan fingerprint density at radius 1 is 1.29 bits per heavy atom. The van der Waals surface area contributed by atoms with Crippen LogP contribution in [0.4, 0.5) is 5.69 Å². The summed E-state index contributed by atoms with van der Waals surface area (Å²) in [7, 11) is -3.82. The fraction of sp³-hybridized carbons (Fsp3) is 0.500. The summed E-state index contributed by atoms with van der Waals surface area (Å²) in [5, 5.41) is 7.82. The molecule has 0 spiro atoms. The summed E-state index contributed by atoms with van der Waals surface area (Å²) in [6.07, 6.45) is 0.554. The van der Waals surface area contributed by atoms with Crippen molar-refractivity contribution in [3.05, 3.63) is 23.3 Å². The molecule has 0 aliphatic heterocycles. The first-order valence-electron chi connectivity index (χ1n) is 6.73. The number of nitrogens with one attached hydrogen (secondary N) is 1. The highest BCUT2D eigenvalue weighted by Crippen LogP contribution is 2.23. The first-order valence-corrected chi connectivity index (χ1v) is 8.27. The Kier molecular flexibility index (Phi) is 5.49. The predicted octanol–water partition coefficient (Wildman–Crippen LogP) is 1.26. The Morgan fingerprint density at radius 3 is 2.33 bits per heavy atom. The molecule has 21 heavy (non-hydrogen) atoms. The summed E-state index contributed by atoms with van der Waals surface area (Å²) in [4.78, 5) is 12.0. The molecule has 0 aliphatic carbocycles. The smallest absolute Gasteiger partial charge is 0.241 e. The van der Waals surface area contributed by atoms with Crippen LogP contribution in [-0.2, 0) is 14.8 Å². The van der Waals surface area contributed by atoms with Gasteiger partial charge >= 0.3 is 0 Å². The fourth-order valence-electron chi connectivity index (χ4n) is 1.96. The van der Waals surface area contributed by atoms with Crippen LogP contribution in [0, 0.1) is 19.8 Å². The fourth-order valence-corrected chi connectivity index (χ4v) is 2.58. The number of amides is 1. The third-order valence-corrected chi connectivity index (χ3v) is 4.18. The number of rotatable bonds is 5. The number of primary sulfonamides is 1. The summed E-state index contributed by atoms with van der Waals surface area (Å²) >= 11 is 0. The molecule has 0 fully saturated rings. The van der Waals surface area contributed by atoms with Gasteiger partial charge < -0.3 is 11.1 Å². The monoisotopic (exact) mass is 313 g/mol. The average molecular weight is 313 g/mol. The van der Waals surface area contributed by atoms with Crippen molar-refractivity contribution in [2.45, 2.75) is 45.1 Å². The topological polar surface area (TPSA) is 115 Å². The standard InChI is InChI=1S/C14H23N3O3S/c1-8(2)5-12(15)14(18)17-13-7-11(21(16,19)20)6-9(3)10(13)4/h6-8,12H,5,15H2,1-4H3,(H,17,18)(H2,16,19,20)/t12-/m0/s1. The van der Waals surface area contributed by atoms with Gasteiger partial charge in [-0.05, 0) is 49.4 Å². The van der Waals surface area contributed by atoms with Crippen LogP contribution >= 0.6 is 0 Å². The number of benzene rings is 1. The quantitative estimate of drug-likeness (QED) is 0.759. The molecule has 1 rings (SSSR count). The van der Waals surface area contributed by atoms with Gasteiger partial charge in [0.15, 0.2) is 0 Å². The molecule has 0 bridgehead atoms. The van der Waals surface area contributed by atoms with Crippen molar-refractivity contribution >= 4 is 21.6 Å². The SMILES string of the molecule is Cc1cc(S(N)(=O)=O)cc(NC(=O)[C@@H](N)CC(C)C)c1C. The van der Waals surface area contributed by atoms with Crippen molar-refractivity contribution in [3.8, 4) is 0 Å².